The second kappa shape index (κ2) is 25.0. The Balaban J connectivity index is 3.33. The highest BCUT2D eigenvalue weighted by molar-refractivity contribution is 5.76. The van der Waals surface area contributed by atoms with Crippen LogP contribution in [0.25, 0.3) is 0 Å². The Morgan fingerprint density at radius 1 is 0.625 bits per heavy atom. The molecule has 0 aliphatic carbocycles. The summed E-state index contributed by atoms with van der Waals surface area (Å²) in [5.41, 5.74) is 0. The summed E-state index contributed by atoms with van der Waals surface area (Å²) in [5, 5.41) is 22.3. The molecule has 2 atom stereocenters. The van der Waals surface area contributed by atoms with Crippen LogP contribution in [0.2, 0.25) is 0 Å². The van der Waals surface area contributed by atoms with Gasteiger partial charge in [0.15, 0.2) is 0 Å². The lowest BCUT2D eigenvalue weighted by Crippen LogP contribution is -2.45. The first-order chi connectivity index (χ1) is 15.7. The smallest absolute Gasteiger partial charge is 0.220 e. The van der Waals surface area contributed by atoms with E-state index in [2.05, 4.69) is 12.2 Å². The SMILES string of the molecule is CCCCCCCCCCCCCCCCCCCCCC(O)C(CO)NC(=O)CCC. The van der Waals surface area contributed by atoms with Crippen molar-refractivity contribution in [1.82, 2.24) is 5.32 Å². The Hall–Kier alpha value is -0.610. The van der Waals surface area contributed by atoms with Crippen molar-refractivity contribution in [2.24, 2.45) is 0 Å². The molecule has 0 aliphatic heterocycles. The molecule has 4 heteroatoms. The fourth-order valence-electron chi connectivity index (χ4n) is 4.40. The zero-order chi connectivity index (χ0) is 23.7. The molecule has 0 fully saturated rings. The van der Waals surface area contributed by atoms with E-state index < -0.39 is 12.1 Å². The van der Waals surface area contributed by atoms with Crippen LogP contribution in [0.4, 0.5) is 0 Å². The van der Waals surface area contributed by atoms with Gasteiger partial charge in [0.05, 0.1) is 18.8 Å². The minimum atomic E-state index is -0.647. The number of carbonyl (C=O) groups is 1. The second-order valence-electron chi connectivity index (χ2n) is 9.83. The fourth-order valence-corrected chi connectivity index (χ4v) is 4.40. The van der Waals surface area contributed by atoms with Crippen LogP contribution < -0.4 is 5.32 Å². The van der Waals surface area contributed by atoms with E-state index in [4.69, 9.17) is 0 Å². The molecule has 0 radical (unpaired) electrons. The highest BCUT2D eigenvalue weighted by Crippen LogP contribution is 2.15. The number of carbonyl (C=O) groups excluding carboxylic acids is 1. The van der Waals surface area contributed by atoms with Crippen molar-refractivity contribution in [3.05, 3.63) is 0 Å². The van der Waals surface area contributed by atoms with E-state index in [0.717, 1.165) is 19.3 Å². The summed E-state index contributed by atoms with van der Waals surface area (Å²) in [6, 6.07) is -0.524. The standard InChI is InChI=1S/C28H57NO3/c1-3-5-6-7-8-9-10-11-12-13-14-15-16-17-18-19-20-21-22-24-27(31)26(25-30)29-28(32)23-4-2/h26-27,30-31H,3-25H2,1-2H3,(H,29,32). The molecule has 0 saturated carbocycles. The Labute approximate surface area is 200 Å². The molecule has 0 aromatic rings. The van der Waals surface area contributed by atoms with Gasteiger partial charge in [-0.2, -0.15) is 0 Å². The van der Waals surface area contributed by atoms with E-state index in [1.807, 2.05) is 6.92 Å². The minimum absolute atomic E-state index is 0.0845. The maximum absolute atomic E-state index is 11.6. The number of hydrogen-bond donors (Lipinski definition) is 3. The van der Waals surface area contributed by atoms with E-state index in [1.54, 1.807) is 0 Å². The summed E-state index contributed by atoms with van der Waals surface area (Å²) in [6.07, 6.45) is 26.9. The van der Waals surface area contributed by atoms with E-state index in [1.165, 1.54) is 109 Å². The van der Waals surface area contributed by atoms with E-state index in [0.29, 0.717) is 12.8 Å². The van der Waals surface area contributed by atoms with Crippen molar-refractivity contribution >= 4 is 5.91 Å². The van der Waals surface area contributed by atoms with Gasteiger partial charge in [0, 0.05) is 6.42 Å². The van der Waals surface area contributed by atoms with Crippen LogP contribution in [-0.2, 0) is 4.79 Å². The number of unbranched alkanes of at least 4 members (excludes halogenated alkanes) is 18. The molecule has 3 N–H and O–H groups in total. The third-order valence-corrected chi connectivity index (χ3v) is 6.59. The molecule has 0 heterocycles. The summed E-state index contributed by atoms with van der Waals surface area (Å²) in [7, 11) is 0. The summed E-state index contributed by atoms with van der Waals surface area (Å²) in [5.74, 6) is -0.0845. The first-order valence-electron chi connectivity index (χ1n) is 14.2. The molecule has 0 saturated heterocycles. The van der Waals surface area contributed by atoms with Crippen LogP contribution in [0.15, 0.2) is 0 Å². The molecule has 0 aromatic carbocycles. The van der Waals surface area contributed by atoms with Crippen molar-refractivity contribution in [3.8, 4) is 0 Å². The highest BCUT2D eigenvalue weighted by Gasteiger charge is 2.19. The molecule has 0 bridgehead atoms. The average Bonchev–Trinajstić information content (AvgIpc) is 2.79. The van der Waals surface area contributed by atoms with Gasteiger partial charge in [-0.05, 0) is 12.8 Å². The van der Waals surface area contributed by atoms with Gasteiger partial charge in [0.25, 0.3) is 0 Å². The number of amides is 1. The maximum Gasteiger partial charge on any atom is 0.220 e. The summed E-state index contributed by atoms with van der Waals surface area (Å²) >= 11 is 0. The highest BCUT2D eigenvalue weighted by atomic mass is 16.3. The van der Waals surface area contributed by atoms with Crippen LogP contribution in [0, 0.1) is 0 Å². The van der Waals surface area contributed by atoms with Gasteiger partial charge in [-0.3, -0.25) is 4.79 Å². The first kappa shape index (κ1) is 31.4. The number of aliphatic hydroxyl groups excluding tert-OH is 2. The van der Waals surface area contributed by atoms with Gasteiger partial charge >= 0.3 is 0 Å². The summed E-state index contributed by atoms with van der Waals surface area (Å²) in [4.78, 5) is 11.6. The molecule has 4 nitrogen and oxygen atoms in total. The Bertz CT molecular complexity index is 389. The summed E-state index contributed by atoms with van der Waals surface area (Å²) in [6.45, 7) is 4.03. The lowest BCUT2D eigenvalue weighted by molar-refractivity contribution is -0.123. The van der Waals surface area contributed by atoms with Gasteiger partial charge < -0.3 is 15.5 Å². The predicted molar refractivity (Wildman–Crippen MR) is 138 cm³/mol. The quantitative estimate of drug-likeness (QED) is 0.125. The van der Waals surface area contributed by atoms with E-state index in [-0.39, 0.29) is 12.5 Å². The van der Waals surface area contributed by atoms with Gasteiger partial charge in [0.2, 0.25) is 5.91 Å². The van der Waals surface area contributed by atoms with E-state index in [9.17, 15) is 15.0 Å². The third-order valence-electron chi connectivity index (χ3n) is 6.59. The summed E-state index contributed by atoms with van der Waals surface area (Å²) < 4.78 is 0. The Morgan fingerprint density at radius 3 is 1.34 bits per heavy atom. The largest absolute Gasteiger partial charge is 0.394 e. The normalized spacial score (nSPS) is 13.2. The van der Waals surface area contributed by atoms with E-state index >= 15 is 0 Å². The van der Waals surface area contributed by atoms with Crippen LogP contribution in [0.5, 0.6) is 0 Å². The zero-order valence-electron chi connectivity index (χ0n) is 21.7. The first-order valence-corrected chi connectivity index (χ1v) is 14.2. The van der Waals surface area contributed by atoms with Crippen molar-refractivity contribution < 1.29 is 15.0 Å². The van der Waals surface area contributed by atoms with Crippen molar-refractivity contribution in [2.75, 3.05) is 6.61 Å². The lowest BCUT2D eigenvalue weighted by atomic mass is 10.0. The molecular weight excluding hydrogens is 398 g/mol. The van der Waals surface area contributed by atoms with Gasteiger partial charge in [-0.15, -0.1) is 0 Å². The Kier molecular flexibility index (Phi) is 24.5. The molecule has 0 aromatic heterocycles. The molecule has 0 spiro atoms. The monoisotopic (exact) mass is 455 g/mol. The van der Waals surface area contributed by atoms with Crippen molar-refractivity contribution in [1.29, 1.82) is 0 Å². The molecule has 0 aliphatic rings. The van der Waals surface area contributed by atoms with Crippen molar-refractivity contribution in [3.63, 3.8) is 0 Å². The third kappa shape index (κ3) is 21.2. The predicted octanol–water partition coefficient (Wildman–Crippen LogP) is 7.45. The van der Waals surface area contributed by atoms with Crippen molar-refractivity contribution in [2.45, 2.75) is 167 Å². The number of aliphatic hydroxyl groups is 2. The average molecular weight is 456 g/mol. The van der Waals surface area contributed by atoms with Crippen LogP contribution in [0.3, 0.4) is 0 Å². The molecule has 32 heavy (non-hydrogen) atoms. The number of rotatable bonds is 25. The maximum atomic E-state index is 11.6. The minimum Gasteiger partial charge on any atom is -0.394 e. The molecule has 0 rings (SSSR count). The van der Waals surface area contributed by atoms with Gasteiger partial charge in [0.1, 0.15) is 0 Å². The van der Waals surface area contributed by atoms with Crippen LogP contribution >= 0.6 is 0 Å². The molecule has 1 amide bonds. The zero-order valence-corrected chi connectivity index (χ0v) is 21.7. The van der Waals surface area contributed by atoms with Crippen LogP contribution in [-0.4, -0.2) is 34.9 Å². The molecule has 2 unspecified atom stereocenters. The Morgan fingerprint density at radius 2 is 1.00 bits per heavy atom. The number of nitrogens with one attached hydrogen (secondary N) is 1. The lowest BCUT2D eigenvalue weighted by Gasteiger charge is -2.22. The van der Waals surface area contributed by atoms with Gasteiger partial charge in [-0.1, -0.05) is 136 Å². The molecule has 192 valence electrons. The molecular formula is C28H57NO3. The fraction of sp³-hybridized carbons (Fsp3) is 0.964. The van der Waals surface area contributed by atoms with Gasteiger partial charge in [-0.25, -0.2) is 0 Å². The second-order valence-corrected chi connectivity index (χ2v) is 9.83. The van der Waals surface area contributed by atoms with Crippen LogP contribution in [0.1, 0.15) is 155 Å². The number of hydrogen-bond acceptors (Lipinski definition) is 3. The topological polar surface area (TPSA) is 69.6 Å².